The lowest BCUT2D eigenvalue weighted by Gasteiger charge is -2.17. The predicted molar refractivity (Wildman–Crippen MR) is 103 cm³/mol. The van der Waals surface area contributed by atoms with Gasteiger partial charge in [-0.2, -0.15) is 0 Å². The average molecular weight is 445 g/mol. The Bertz CT molecular complexity index is 682. The van der Waals surface area contributed by atoms with Crippen LogP contribution in [0, 0.1) is 5.92 Å². The van der Waals surface area contributed by atoms with E-state index in [1.807, 2.05) is 13.2 Å². The molecule has 0 saturated heterocycles. The lowest BCUT2D eigenvalue weighted by Crippen LogP contribution is -2.43. The molecule has 0 bridgehead atoms. The molecule has 0 fully saturated rings. The fourth-order valence-corrected chi connectivity index (χ4v) is 3.34. The van der Waals surface area contributed by atoms with Gasteiger partial charge in [-0.05, 0) is 75.4 Å². The largest absolute Gasteiger partial charge is 0.361 e. The fourth-order valence-electron chi connectivity index (χ4n) is 2.65. The zero-order valence-electron chi connectivity index (χ0n) is 13.7. The summed E-state index contributed by atoms with van der Waals surface area (Å²) in [6, 6.07) is 4.03. The standard InChI is InChI=1S/C17H23Br2N3O/c1-10(2)6-16(20-3)17(23)21-5-4-11-9-22-15-8-14(19)13(18)7-12(11)15/h7-10,16,20,22H,4-6H2,1-3H3,(H,21,23)/t16-/m0/s1. The van der Waals surface area contributed by atoms with Crippen LogP contribution in [0.15, 0.2) is 27.3 Å². The van der Waals surface area contributed by atoms with Gasteiger partial charge in [0.25, 0.3) is 0 Å². The van der Waals surface area contributed by atoms with Gasteiger partial charge in [0.05, 0.1) is 6.04 Å². The van der Waals surface area contributed by atoms with Crippen molar-refractivity contribution in [3.05, 3.63) is 32.8 Å². The number of nitrogens with one attached hydrogen (secondary N) is 3. The molecule has 23 heavy (non-hydrogen) atoms. The van der Waals surface area contributed by atoms with Crippen LogP contribution in [0.1, 0.15) is 25.8 Å². The highest BCUT2D eigenvalue weighted by Crippen LogP contribution is 2.30. The molecule has 0 saturated carbocycles. The number of halogens is 2. The highest BCUT2D eigenvalue weighted by molar-refractivity contribution is 9.13. The number of hydrogen-bond donors (Lipinski definition) is 3. The van der Waals surface area contributed by atoms with Crippen molar-refractivity contribution in [2.45, 2.75) is 32.7 Å². The van der Waals surface area contributed by atoms with Crippen molar-refractivity contribution >= 4 is 48.7 Å². The third-order valence-corrected chi connectivity index (χ3v) is 5.72. The summed E-state index contributed by atoms with van der Waals surface area (Å²) in [5.41, 5.74) is 2.30. The summed E-state index contributed by atoms with van der Waals surface area (Å²) in [6.45, 7) is 4.88. The van der Waals surface area contributed by atoms with Gasteiger partial charge in [0.1, 0.15) is 0 Å². The van der Waals surface area contributed by atoms with Crippen molar-refractivity contribution in [2.75, 3.05) is 13.6 Å². The number of hydrogen-bond acceptors (Lipinski definition) is 2. The van der Waals surface area contributed by atoms with E-state index in [9.17, 15) is 4.79 Å². The number of likely N-dealkylation sites (N-methyl/N-ethyl adjacent to an activating group) is 1. The Morgan fingerprint density at radius 3 is 2.61 bits per heavy atom. The van der Waals surface area contributed by atoms with E-state index in [0.29, 0.717) is 12.5 Å². The number of benzene rings is 1. The zero-order chi connectivity index (χ0) is 17.0. The van der Waals surface area contributed by atoms with Gasteiger partial charge in [-0.1, -0.05) is 13.8 Å². The zero-order valence-corrected chi connectivity index (χ0v) is 16.8. The Labute approximate surface area is 154 Å². The number of rotatable bonds is 7. The predicted octanol–water partition coefficient (Wildman–Crippen LogP) is 3.99. The first kappa shape index (κ1) is 18.5. The average Bonchev–Trinajstić information content (AvgIpc) is 2.87. The molecule has 1 atom stereocenters. The molecule has 1 heterocycles. The van der Waals surface area contributed by atoms with Gasteiger partial charge in [0.2, 0.25) is 5.91 Å². The Hall–Kier alpha value is -0.850. The van der Waals surface area contributed by atoms with E-state index in [-0.39, 0.29) is 11.9 Å². The summed E-state index contributed by atoms with van der Waals surface area (Å²) in [7, 11) is 1.83. The number of carbonyl (C=O) groups is 1. The molecule has 6 heteroatoms. The molecule has 1 aromatic heterocycles. The van der Waals surface area contributed by atoms with Crippen molar-refractivity contribution in [3.63, 3.8) is 0 Å². The van der Waals surface area contributed by atoms with Crippen LogP contribution in [0.5, 0.6) is 0 Å². The highest BCUT2D eigenvalue weighted by atomic mass is 79.9. The van der Waals surface area contributed by atoms with E-state index >= 15 is 0 Å². The Morgan fingerprint density at radius 2 is 1.96 bits per heavy atom. The molecule has 0 aliphatic rings. The first-order chi connectivity index (χ1) is 10.9. The van der Waals surface area contributed by atoms with Gasteiger partial charge in [0.15, 0.2) is 0 Å². The topological polar surface area (TPSA) is 56.9 Å². The van der Waals surface area contributed by atoms with Crippen LogP contribution in [0.4, 0.5) is 0 Å². The summed E-state index contributed by atoms with van der Waals surface area (Å²) in [5.74, 6) is 0.563. The van der Waals surface area contributed by atoms with Gasteiger partial charge >= 0.3 is 0 Å². The molecule has 0 radical (unpaired) electrons. The molecule has 1 amide bonds. The van der Waals surface area contributed by atoms with E-state index in [2.05, 4.69) is 73.5 Å². The number of H-pyrrole nitrogens is 1. The molecule has 3 N–H and O–H groups in total. The van der Waals surface area contributed by atoms with E-state index in [1.54, 1.807) is 0 Å². The number of carbonyl (C=O) groups excluding carboxylic acids is 1. The fraction of sp³-hybridized carbons (Fsp3) is 0.471. The van der Waals surface area contributed by atoms with Gasteiger partial charge in [-0.3, -0.25) is 4.79 Å². The lowest BCUT2D eigenvalue weighted by molar-refractivity contribution is -0.123. The third kappa shape index (κ3) is 4.81. The molecule has 2 aromatic rings. The van der Waals surface area contributed by atoms with E-state index < -0.39 is 0 Å². The smallest absolute Gasteiger partial charge is 0.237 e. The Morgan fingerprint density at radius 1 is 1.26 bits per heavy atom. The minimum absolute atomic E-state index is 0.0740. The highest BCUT2D eigenvalue weighted by Gasteiger charge is 2.17. The molecule has 0 aliphatic heterocycles. The second-order valence-corrected chi connectivity index (χ2v) is 7.85. The molecular weight excluding hydrogens is 422 g/mol. The van der Waals surface area contributed by atoms with Crippen molar-refractivity contribution in [1.29, 1.82) is 0 Å². The molecule has 4 nitrogen and oxygen atoms in total. The number of aromatic amines is 1. The van der Waals surface area contributed by atoms with Crippen molar-refractivity contribution in [1.82, 2.24) is 15.6 Å². The Balaban J connectivity index is 1.96. The van der Waals surface area contributed by atoms with Gasteiger partial charge in [0, 0.05) is 32.6 Å². The van der Waals surface area contributed by atoms with Crippen molar-refractivity contribution in [3.8, 4) is 0 Å². The molecular formula is C17H23Br2N3O. The minimum atomic E-state index is -0.122. The first-order valence-corrected chi connectivity index (χ1v) is 9.41. The second kappa shape index (κ2) is 8.31. The SMILES string of the molecule is CN[C@@H](CC(C)C)C(=O)NCCc1c[nH]c2cc(Br)c(Br)cc12. The van der Waals surface area contributed by atoms with E-state index in [4.69, 9.17) is 0 Å². The van der Waals surface area contributed by atoms with Gasteiger partial charge in [-0.15, -0.1) is 0 Å². The van der Waals surface area contributed by atoms with Crippen LogP contribution in [0.3, 0.4) is 0 Å². The Kier molecular flexibility index (Phi) is 6.68. The van der Waals surface area contributed by atoms with Gasteiger partial charge in [-0.25, -0.2) is 0 Å². The second-order valence-electron chi connectivity index (χ2n) is 6.14. The summed E-state index contributed by atoms with van der Waals surface area (Å²) in [6.07, 6.45) is 3.66. The molecule has 1 aromatic carbocycles. The summed E-state index contributed by atoms with van der Waals surface area (Å²) >= 11 is 7.05. The third-order valence-electron chi connectivity index (χ3n) is 3.87. The van der Waals surface area contributed by atoms with Crippen LogP contribution in [0.2, 0.25) is 0 Å². The molecule has 0 spiro atoms. The number of amides is 1. The van der Waals surface area contributed by atoms with E-state index in [0.717, 1.165) is 27.3 Å². The quantitative estimate of drug-likeness (QED) is 0.604. The van der Waals surface area contributed by atoms with Crippen molar-refractivity contribution < 1.29 is 4.79 Å². The maximum absolute atomic E-state index is 12.2. The normalized spacial score (nSPS) is 12.8. The molecule has 126 valence electrons. The minimum Gasteiger partial charge on any atom is -0.361 e. The maximum Gasteiger partial charge on any atom is 0.237 e. The number of fused-ring (bicyclic) bond motifs is 1. The number of aromatic nitrogens is 1. The molecule has 0 aliphatic carbocycles. The molecule has 2 rings (SSSR count). The lowest BCUT2D eigenvalue weighted by atomic mass is 10.0. The summed E-state index contributed by atoms with van der Waals surface area (Å²) in [5, 5.41) is 7.30. The summed E-state index contributed by atoms with van der Waals surface area (Å²) in [4.78, 5) is 15.5. The van der Waals surface area contributed by atoms with Crippen LogP contribution < -0.4 is 10.6 Å². The van der Waals surface area contributed by atoms with E-state index in [1.165, 1.54) is 10.9 Å². The monoisotopic (exact) mass is 443 g/mol. The van der Waals surface area contributed by atoms with Crippen LogP contribution in [-0.4, -0.2) is 30.5 Å². The maximum atomic E-state index is 12.2. The first-order valence-electron chi connectivity index (χ1n) is 7.82. The van der Waals surface area contributed by atoms with Crippen LogP contribution in [0.25, 0.3) is 10.9 Å². The van der Waals surface area contributed by atoms with Gasteiger partial charge < -0.3 is 15.6 Å². The molecule has 0 unspecified atom stereocenters. The van der Waals surface area contributed by atoms with Crippen LogP contribution >= 0.6 is 31.9 Å². The van der Waals surface area contributed by atoms with Crippen LogP contribution in [-0.2, 0) is 11.2 Å². The summed E-state index contributed by atoms with van der Waals surface area (Å²) < 4.78 is 2.05. The van der Waals surface area contributed by atoms with Crippen molar-refractivity contribution in [2.24, 2.45) is 5.92 Å².